The Hall–Kier alpha value is -2.87. The van der Waals surface area contributed by atoms with E-state index in [4.69, 9.17) is 22.1 Å². The Morgan fingerprint density at radius 2 is 2.00 bits per heavy atom. The highest BCUT2D eigenvalue weighted by atomic mass is 35.5. The monoisotopic (exact) mass is 442 g/mol. The molecule has 0 atom stereocenters. The number of aliphatic hydroxyl groups excluding tert-OH is 1. The summed E-state index contributed by atoms with van der Waals surface area (Å²) < 4.78 is 5.81. The van der Waals surface area contributed by atoms with Gasteiger partial charge in [0.1, 0.15) is 5.75 Å². The van der Waals surface area contributed by atoms with Crippen LogP contribution in [-0.2, 0) is 6.42 Å². The number of thiophene rings is 1. The topological polar surface area (TPSA) is 92.9 Å². The van der Waals surface area contributed by atoms with Crippen LogP contribution in [0.4, 0.5) is 5.69 Å². The van der Waals surface area contributed by atoms with E-state index >= 15 is 0 Å². The standard InChI is InChI=1S/C22H19ClN2O4S/c23-16-11-14(21(24)27)5-6-17(16)25(8-9-26)22(28)19-12-13-7-10-29-18-4-2-1-3-15(18)20(13)30-19/h1-6,11-12,26H,7-10H2,(H2,24,27). The molecule has 2 aromatic carbocycles. The molecule has 1 aromatic heterocycles. The second-order valence-electron chi connectivity index (χ2n) is 6.77. The maximum absolute atomic E-state index is 13.4. The molecule has 0 saturated heterocycles. The number of fused-ring (bicyclic) bond motifs is 3. The van der Waals surface area contributed by atoms with Crippen LogP contribution in [0.5, 0.6) is 5.75 Å². The molecule has 0 radical (unpaired) electrons. The van der Waals surface area contributed by atoms with E-state index in [0.29, 0.717) is 23.6 Å². The predicted molar refractivity (Wildman–Crippen MR) is 118 cm³/mol. The summed E-state index contributed by atoms with van der Waals surface area (Å²) >= 11 is 7.72. The van der Waals surface area contributed by atoms with Gasteiger partial charge in [0, 0.05) is 29.0 Å². The lowest BCUT2D eigenvalue weighted by atomic mass is 10.1. The lowest BCUT2D eigenvalue weighted by molar-refractivity contribution is 0.0982. The first-order valence-electron chi connectivity index (χ1n) is 9.36. The van der Waals surface area contributed by atoms with Crippen LogP contribution in [0.1, 0.15) is 25.6 Å². The quantitative estimate of drug-likeness (QED) is 0.629. The van der Waals surface area contributed by atoms with Crippen molar-refractivity contribution < 1.29 is 19.4 Å². The Balaban J connectivity index is 1.73. The molecule has 0 saturated carbocycles. The number of anilines is 1. The lowest BCUT2D eigenvalue weighted by Gasteiger charge is -2.22. The molecule has 6 nitrogen and oxygen atoms in total. The van der Waals surface area contributed by atoms with Crippen LogP contribution in [0.15, 0.2) is 48.5 Å². The fraction of sp³-hybridized carbons (Fsp3) is 0.182. The van der Waals surface area contributed by atoms with E-state index in [1.54, 1.807) is 6.07 Å². The van der Waals surface area contributed by atoms with Crippen molar-refractivity contribution >= 4 is 40.4 Å². The molecule has 8 heteroatoms. The van der Waals surface area contributed by atoms with E-state index in [0.717, 1.165) is 21.8 Å². The van der Waals surface area contributed by atoms with Crippen molar-refractivity contribution in [2.75, 3.05) is 24.7 Å². The third-order valence-electron chi connectivity index (χ3n) is 4.87. The number of rotatable bonds is 5. The van der Waals surface area contributed by atoms with E-state index in [2.05, 4.69) is 0 Å². The number of primary amides is 1. The number of benzene rings is 2. The van der Waals surface area contributed by atoms with Gasteiger partial charge >= 0.3 is 0 Å². The summed E-state index contributed by atoms with van der Waals surface area (Å²) in [6, 6.07) is 14.1. The second kappa shape index (κ2) is 8.47. The first-order valence-corrected chi connectivity index (χ1v) is 10.6. The van der Waals surface area contributed by atoms with Crippen LogP contribution < -0.4 is 15.4 Å². The van der Waals surface area contributed by atoms with E-state index in [-0.39, 0.29) is 29.6 Å². The predicted octanol–water partition coefficient (Wildman–Crippen LogP) is 3.74. The number of para-hydroxylation sites is 1. The molecular weight excluding hydrogens is 424 g/mol. The zero-order valence-electron chi connectivity index (χ0n) is 15.9. The van der Waals surface area contributed by atoms with Gasteiger partial charge in [-0.3, -0.25) is 9.59 Å². The van der Waals surface area contributed by atoms with Crippen molar-refractivity contribution in [3.05, 3.63) is 69.6 Å². The maximum Gasteiger partial charge on any atom is 0.268 e. The first kappa shape index (κ1) is 20.4. The minimum Gasteiger partial charge on any atom is -0.493 e. The van der Waals surface area contributed by atoms with Crippen molar-refractivity contribution in [3.63, 3.8) is 0 Å². The van der Waals surface area contributed by atoms with Gasteiger partial charge in [-0.25, -0.2) is 0 Å². The average Bonchev–Trinajstić information content (AvgIpc) is 3.08. The molecule has 2 heterocycles. The zero-order valence-corrected chi connectivity index (χ0v) is 17.5. The fourth-order valence-electron chi connectivity index (χ4n) is 3.44. The van der Waals surface area contributed by atoms with Gasteiger partial charge in [0.2, 0.25) is 5.91 Å². The number of ether oxygens (including phenoxy) is 1. The van der Waals surface area contributed by atoms with Crippen molar-refractivity contribution in [1.82, 2.24) is 0 Å². The minimum absolute atomic E-state index is 0.0662. The third kappa shape index (κ3) is 3.79. The first-order chi connectivity index (χ1) is 14.5. The van der Waals surface area contributed by atoms with Crippen LogP contribution in [0.2, 0.25) is 5.02 Å². The number of nitrogens with zero attached hydrogens (tertiary/aromatic N) is 1. The van der Waals surface area contributed by atoms with Gasteiger partial charge < -0.3 is 20.5 Å². The Bertz CT molecular complexity index is 1130. The number of hydrogen-bond acceptors (Lipinski definition) is 5. The number of amides is 2. The molecule has 154 valence electrons. The maximum atomic E-state index is 13.4. The molecule has 3 aromatic rings. The van der Waals surface area contributed by atoms with Crippen LogP contribution in [-0.4, -0.2) is 36.7 Å². The second-order valence-corrected chi connectivity index (χ2v) is 8.23. The number of hydrogen-bond donors (Lipinski definition) is 2. The van der Waals surface area contributed by atoms with E-state index in [1.807, 2.05) is 30.3 Å². The molecule has 2 amide bonds. The molecule has 0 spiro atoms. The summed E-state index contributed by atoms with van der Waals surface area (Å²) in [4.78, 5) is 27.7. The van der Waals surface area contributed by atoms with Gasteiger partial charge in [0.05, 0.1) is 28.8 Å². The normalized spacial score (nSPS) is 12.3. The number of aliphatic hydroxyl groups is 1. The van der Waals surface area contributed by atoms with Gasteiger partial charge in [-0.2, -0.15) is 0 Å². The Labute approximate surface area is 182 Å². The van der Waals surface area contributed by atoms with Crippen molar-refractivity contribution in [3.8, 4) is 16.2 Å². The number of nitrogens with two attached hydrogens (primary N) is 1. The average molecular weight is 443 g/mol. The number of halogens is 1. The minimum atomic E-state index is -0.605. The summed E-state index contributed by atoms with van der Waals surface area (Å²) in [5.41, 5.74) is 7.97. The highest BCUT2D eigenvalue weighted by molar-refractivity contribution is 7.17. The number of carbonyl (C=O) groups is 2. The summed E-state index contributed by atoms with van der Waals surface area (Å²) in [6.07, 6.45) is 0.696. The van der Waals surface area contributed by atoms with Gasteiger partial charge in [0.15, 0.2) is 0 Å². The van der Waals surface area contributed by atoms with Crippen LogP contribution in [0.3, 0.4) is 0 Å². The third-order valence-corrected chi connectivity index (χ3v) is 6.37. The van der Waals surface area contributed by atoms with Crippen molar-refractivity contribution in [2.45, 2.75) is 6.42 Å². The van der Waals surface area contributed by atoms with E-state index < -0.39 is 5.91 Å². The summed E-state index contributed by atoms with van der Waals surface area (Å²) in [5, 5.41) is 9.75. The zero-order chi connectivity index (χ0) is 21.3. The Morgan fingerprint density at radius 3 is 2.73 bits per heavy atom. The fourth-order valence-corrected chi connectivity index (χ4v) is 4.91. The highest BCUT2D eigenvalue weighted by Crippen LogP contribution is 2.41. The smallest absolute Gasteiger partial charge is 0.268 e. The Kier molecular flexibility index (Phi) is 5.76. The van der Waals surface area contributed by atoms with Crippen LogP contribution >= 0.6 is 22.9 Å². The van der Waals surface area contributed by atoms with E-state index in [1.165, 1.54) is 28.4 Å². The molecule has 0 bridgehead atoms. The largest absolute Gasteiger partial charge is 0.493 e. The molecule has 3 N–H and O–H groups in total. The molecule has 0 fully saturated rings. The van der Waals surface area contributed by atoms with Gasteiger partial charge in [-0.15, -0.1) is 11.3 Å². The van der Waals surface area contributed by atoms with Gasteiger partial charge in [0.25, 0.3) is 5.91 Å². The van der Waals surface area contributed by atoms with Gasteiger partial charge in [-0.05, 0) is 42.0 Å². The molecule has 1 aliphatic heterocycles. The summed E-state index contributed by atoms with van der Waals surface area (Å²) in [7, 11) is 0. The lowest BCUT2D eigenvalue weighted by Crippen LogP contribution is -2.33. The Morgan fingerprint density at radius 1 is 1.20 bits per heavy atom. The number of carbonyl (C=O) groups excluding carboxylic acids is 2. The van der Waals surface area contributed by atoms with Gasteiger partial charge in [-0.1, -0.05) is 23.7 Å². The van der Waals surface area contributed by atoms with Crippen LogP contribution in [0, 0.1) is 0 Å². The SMILES string of the molecule is NC(=O)c1ccc(N(CCO)C(=O)c2cc3c(s2)-c2ccccc2OCC3)c(Cl)c1. The molecule has 30 heavy (non-hydrogen) atoms. The summed E-state index contributed by atoms with van der Waals surface area (Å²) in [5.74, 6) is -0.0741. The molecule has 1 aliphatic rings. The molecule has 4 rings (SSSR count). The van der Waals surface area contributed by atoms with E-state index in [9.17, 15) is 14.7 Å². The summed E-state index contributed by atoms with van der Waals surface area (Å²) in [6.45, 7) is 0.368. The molecule has 0 unspecified atom stereocenters. The highest BCUT2D eigenvalue weighted by Gasteiger charge is 2.25. The van der Waals surface area contributed by atoms with Crippen molar-refractivity contribution in [2.24, 2.45) is 5.73 Å². The van der Waals surface area contributed by atoms with Crippen molar-refractivity contribution in [1.29, 1.82) is 0 Å². The molecule has 0 aliphatic carbocycles. The van der Waals surface area contributed by atoms with Crippen LogP contribution in [0.25, 0.3) is 10.4 Å². The molecular formula is C22H19ClN2O4S.